The first-order valence-corrected chi connectivity index (χ1v) is 6.42. The van der Waals surface area contributed by atoms with Gasteiger partial charge in [-0.3, -0.25) is 4.98 Å². The van der Waals surface area contributed by atoms with Gasteiger partial charge in [0, 0.05) is 43.3 Å². The molecule has 1 rings (SSSR count). The monoisotopic (exact) mass is 235 g/mol. The summed E-state index contributed by atoms with van der Waals surface area (Å²) in [5.41, 5.74) is 3.66. The van der Waals surface area contributed by atoms with Crippen molar-refractivity contribution in [1.82, 2.24) is 10.3 Å². The highest BCUT2D eigenvalue weighted by Crippen LogP contribution is 2.20. The minimum Gasteiger partial charge on any atom is -0.374 e. The first kappa shape index (κ1) is 14.0. The predicted octanol–water partition coefficient (Wildman–Crippen LogP) is 2.59. The van der Waals surface area contributed by atoms with Crippen LogP contribution in [0.3, 0.4) is 0 Å². The van der Waals surface area contributed by atoms with Crippen molar-refractivity contribution in [3.05, 3.63) is 23.5 Å². The lowest BCUT2D eigenvalue weighted by Gasteiger charge is -2.24. The van der Waals surface area contributed by atoms with Gasteiger partial charge in [0.1, 0.15) is 0 Å². The number of anilines is 1. The largest absolute Gasteiger partial charge is 0.374 e. The molecule has 3 nitrogen and oxygen atoms in total. The number of nitrogens with zero attached hydrogens (tertiary/aromatic N) is 2. The summed E-state index contributed by atoms with van der Waals surface area (Å²) in [4.78, 5) is 6.71. The Kier molecular flexibility index (Phi) is 5.42. The summed E-state index contributed by atoms with van der Waals surface area (Å²) in [6.07, 6.45) is 1.99. The Morgan fingerprint density at radius 1 is 1.41 bits per heavy atom. The number of nitrogens with one attached hydrogen (secondary N) is 1. The fourth-order valence-corrected chi connectivity index (χ4v) is 1.97. The van der Waals surface area contributed by atoms with E-state index in [-0.39, 0.29) is 0 Å². The van der Waals surface area contributed by atoms with Gasteiger partial charge in [0.25, 0.3) is 0 Å². The number of rotatable bonds is 6. The molecule has 0 saturated carbocycles. The fourth-order valence-electron chi connectivity index (χ4n) is 1.97. The maximum atomic E-state index is 4.39. The molecule has 1 aromatic heterocycles. The number of hydrogen-bond acceptors (Lipinski definition) is 3. The van der Waals surface area contributed by atoms with E-state index < -0.39 is 0 Å². The molecular formula is C14H25N3. The molecule has 0 unspecified atom stereocenters. The Balaban J connectivity index is 2.89. The second-order valence-corrected chi connectivity index (χ2v) is 5.01. The Bertz CT molecular complexity index is 347. The van der Waals surface area contributed by atoms with Crippen molar-refractivity contribution in [2.24, 2.45) is 5.92 Å². The molecule has 3 heteroatoms. The van der Waals surface area contributed by atoms with Crippen LogP contribution in [0.15, 0.2) is 12.3 Å². The van der Waals surface area contributed by atoms with Crippen molar-refractivity contribution in [1.29, 1.82) is 0 Å². The first-order valence-electron chi connectivity index (χ1n) is 6.42. The quantitative estimate of drug-likeness (QED) is 0.821. The van der Waals surface area contributed by atoms with Gasteiger partial charge < -0.3 is 10.2 Å². The van der Waals surface area contributed by atoms with Crippen LogP contribution in [-0.2, 0) is 6.54 Å². The highest BCUT2D eigenvalue weighted by Gasteiger charge is 2.09. The molecule has 96 valence electrons. The van der Waals surface area contributed by atoms with Crippen molar-refractivity contribution in [3.63, 3.8) is 0 Å². The Hall–Kier alpha value is -1.09. The van der Waals surface area contributed by atoms with E-state index in [1.54, 1.807) is 0 Å². The first-order chi connectivity index (χ1) is 8.04. The number of pyridine rings is 1. The zero-order valence-electron chi connectivity index (χ0n) is 11.7. The highest BCUT2D eigenvalue weighted by atomic mass is 15.1. The third-order valence-electron chi connectivity index (χ3n) is 2.71. The molecule has 0 saturated heterocycles. The minimum atomic E-state index is 0.667. The van der Waals surface area contributed by atoms with Crippen LogP contribution in [0, 0.1) is 12.8 Å². The van der Waals surface area contributed by atoms with Crippen LogP contribution in [0.5, 0.6) is 0 Å². The van der Waals surface area contributed by atoms with Crippen LogP contribution in [0.25, 0.3) is 0 Å². The summed E-state index contributed by atoms with van der Waals surface area (Å²) >= 11 is 0. The maximum absolute atomic E-state index is 4.39. The summed E-state index contributed by atoms with van der Waals surface area (Å²) in [5.74, 6) is 0.667. The van der Waals surface area contributed by atoms with Gasteiger partial charge in [0.05, 0.1) is 0 Å². The molecule has 0 atom stereocenters. The molecule has 1 heterocycles. The molecule has 0 aliphatic rings. The molecule has 1 aromatic rings. The molecule has 0 bridgehead atoms. The van der Waals surface area contributed by atoms with Crippen LogP contribution in [0.4, 0.5) is 5.69 Å². The van der Waals surface area contributed by atoms with Crippen molar-refractivity contribution in [3.8, 4) is 0 Å². The van der Waals surface area contributed by atoms with E-state index in [2.05, 4.69) is 49.1 Å². The van der Waals surface area contributed by atoms with E-state index in [0.29, 0.717) is 5.92 Å². The number of hydrogen-bond donors (Lipinski definition) is 1. The molecule has 0 radical (unpaired) electrons. The Morgan fingerprint density at radius 2 is 2.12 bits per heavy atom. The van der Waals surface area contributed by atoms with Crippen molar-refractivity contribution in [2.45, 2.75) is 34.2 Å². The van der Waals surface area contributed by atoms with Crippen LogP contribution in [0.1, 0.15) is 32.0 Å². The van der Waals surface area contributed by atoms with E-state index in [0.717, 1.165) is 25.3 Å². The van der Waals surface area contributed by atoms with Crippen molar-refractivity contribution >= 4 is 5.69 Å². The van der Waals surface area contributed by atoms with E-state index in [1.807, 2.05) is 13.1 Å². The van der Waals surface area contributed by atoms with Gasteiger partial charge >= 0.3 is 0 Å². The standard InChI is InChI=1S/C14H25N3/c1-6-15-8-13-9-16-12(4)7-14(13)17(5)10-11(2)3/h7,9,11,15H,6,8,10H2,1-5H3. The normalized spacial score (nSPS) is 10.9. The zero-order chi connectivity index (χ0) is 12.8. The summed E-state index contributed by atoms with van der Waals surface area (Å²) in [6.45, 7) is 11.6. The van der Waals surface area contributed by atoms with Gasteiger partial charge in [0.15, 0.2) is 0 Å². The van der Waals surface area contributed by atoms with Gasteiger partial charge in [0.2, 0.25) is 0 Å². The van der Waals surface area contributed by atoms with E-state index in [1.165, 1.54) is 11.3 Å². The van der Waals surface area contributed by atoms with Gasteiger partial charge in [-0.05, 0) is 25.5 Å². The molecule has 0 fully saturated rings. The van der Waals surface area contributed by atoms with E-state index >= 15 is 0 Å². The summed E-state index contributed by atoms with van der Waals surface area (Å²) < 4.78 is 0. The molecule has 1 N–H and O–H groups in total. The topological polar surface area (TPSA) is 28.2 Å². The van der Waals surface area contributed by atoms with Crippen LogP contribution in [-0.4, -0.2) is 25.1 Å². The highest BCUT2D eigenvalue weighted by molar-refractivity contribution is 5.53. The Morgan fingerprint density at radius 3 is 2.71 bits per heavy atom. The second-order valence-electron chi connectivity index (χ2n) is 5.01. The smallest absolute Gasteiger partial charge is 0.0443 e. The Labute approximate surface area is 105 Å². The zero-order valence-corrected chi connectivity index (χ0v) is 11.7. The predicted molar refractivity (Wildman–Crippen MR) is 74.5 cm³/mol. The lowest BCUT2D eigenvalue weighted by Crippen LogP contribution is -2.25. The minimum absolute atomic E-state index is 0.667. The second kappa shape index (κ2) is 6.60. The molecule has 0 amide bonds. The van der Waals surface area contributed by atoms with Crippen LogP contribution in [0.2, 0.25) is 0 Å². The van der Waals surface area contributed by atoms with Crippen LogP contribution >= 0.6 is 0 Å². The summed E-state index contributed by atoms with van der Waals surface area (Å²) in [5, 5.41) is 3.37. The summed E-state index contributed by atoms with van der Waals surface area (Å²) in [7, 11) is 2.16. The summed E-state index contributed by atoms with van der Waals surface area (Å²) in [6, 6.07) is 2.18. The van der Waals surface area contributed by atoms with E-state index in [9.17, 15) is 0 Å². The molecule has 17 heavy (non-hydrogen) atoms. The lowest BCUT2D eigenvalue weighted by atomic mass is 10.1. The molecule has 0 aliphatic carbocycles. The third-order valence-corrected chi connectivity index (χ3v) is 2.71. The number of aromatic nitrogens is 1. The van der Waals surface area contributed by atoms with Gasteiger partial charge in [-0.2, -0.15) is 0 Å². The molecular weight excluding hydrogens is 210 g/mol. The van der Waals surface area contributed by atoms with Crippen molar-refractivity contribution < 1.29 is 0 Å². The van der Waals surface area contributed by atoms with Crippen LogP contribution < -0.4 is 10.2 Å². The fraction of sp³-hybridized carbons (Fsp3) is 0.643. The van der Waals surface area contributed by atoms with Gasteiger partial charge in [-0.25, -0.2) is 0 Å². The average Bonchev–Trinajstić information content (AvgIpc) is 2.26. The average molecular weight is 235 g/mol. The lowest BCUT2D eigenvalue weighted by molar-refractivity contribution is 0.634. The SMILES string of the molecule is CCNCc1cnc(C)cc1N(C)CC(C)C. The molecule has 0 aliphatic heterocycles. The van der Waals surface area contributed by atoms with Gasteiger partial charge in [-0.15, -0.1) is 0 Å². The van der Waals surface area contributed by atoms with E-state index in [4.69, 9.17) is 0 Å². The number of aryl methyl sites for hydroxylation is 1. The van der Waals surface area contributed by atoms with Gasteiger partial charge in [-0.1, -0.05) is 20.8 Å². The third kappa shape index (κ3) is 4.35. The molecule has 0 aromatic carbocycles. The molecule has 0 spiro atoms. The van der Waals surface area contributed by atoms with Crippen molar-refractivity contribution in [2.75, 3.05) is 25.0 Å². The maximum Gasteiger partial charge on any atom is 0.0443 e.